The molecule has 154 valence electrons. The number of carboxylic acids is 1. The molecule has 0 atom stereocenters. The van der Waals surface area contributed by atoms with Gasteiger partial charge in [-0.15, -0.1) is 0 Å². The van der Waals surface area contributed by atoms with E-state index in [0.29, 0.717) is 8.95 Å². The number of rotatable bonds is 4. The van der Waals surface area contributed by atoms with Gasteiger partial charge in [-0.2, -0.15) is 0 Å². The fraction of sp³-hybridized carbons (Fsp3) is 0.176. The molecule has 29 heavy (non-hydrogen) atoms. The highest BCUT2D eigenvalue weighted by Crippen LogP contribution is 2.14. The number of halogens is 2. The number of carboxylic acid groups (broad SMARTS) is 1. The number of methoxy groups -OCH3 is 3. The number of esters is 3. The molecule has 0 aliphatic heterocycles. The summed E-state index contributed by atoms with van der Waals surface area (Å²) in [5.41, 5.74) is -0.154. The maximum absolute atomic E-state index is 11.2. The van der Waals surface area contributed by atoms with E-state index in [2.05, 4.69) is 56.0 Å². The molecule has 0 amide bonds. The Morgan fingerprint density at radius 1 is 0.690 bits per heavy atom. The fourth-order valence-corrected chi connectivity index (χ4v) is 2.60. The van der Waals surface area contributed by atoms with Crippen molar-refractivity contribution < 1.29 is 38.5 Å². The number of carbonyl (C=O) groups excluding carboxylic acids is 3. The van der Waals surface area contributed by atoms with Crippen LogP contribution in [0.1, 0.15) is 42.0 Å². The number of pyridine rings is 2. The third-order valence-electron chi connectivity index (χ3n) is 2.98. The molecule has 0 unspecified atom stereocenters. The van der Waals surface area contributed by atoms with Crippen LogP contribution in [0, 0.1) is 0 Å². The van der Waals surface area contributed by atoms with E-state index in [1.807, 2.05) is 0 Å². The molecule has 2 rings (SSSR count). The summed E-state index contributed by atoms with van der Waals surface area (Å²) in [6.07, 6.45) is 0. The van der Waals surface area contributed by atoms with Crippen molar-refractivity contribution in [2.24, 2.45) is 0 Å². The van der Waals surface area contributed by atoms with Crippen LogP contribution in [0.25, 0.3) is 0 Å². The van der Waals surface area contributed by atoms with Crippen LogP contribution < -0.4 is 0 Å². The topological polar surface area (TPSA) is 142 Å². The average Bonchev–Trinajstić information content (AvgIpc) is 2.71. The molecular formula is C17H14Br2N2O8. The third kappa shape index (κ3) is 7.23. The predicted molar refractivity (Wildman–Crippen MR) is 105 cm³/mol. The predicted octanol–water partition coefficient (Wildman–Crippen LogP) is 2.75. The molecule has 1 N–H and O–H groups in total. The summed E-state index contributed by atoms with van der Waals surface area (Å²) >= 11 is 6.22. The van der Waals surface area contributed by atoms with Crippen LogP contribution >= 0.6 is 31.9 Å². The van der Waals surface area contributed by atoms with E-state index in [-0.39, 0.29) is 22.8 Å². The zero-order valence-electron chi connectivity index (χ0n) is 15.3. The van der Waals surface area contributed by atoms with Crippen LogP contribution in [0.15, 0.2) is 33.2 Å². The Morgan fingerprint density at radius 2 is 0.966 bits per heavy atom. The summed E-state index contributed by atoms with van der Waals surface area (Å²) in [4.78, 5) is 51.4. The maximum Gasteiger partial charge on any atom is 0.356 e. The van der Waals surface area contributed by atoms with Crippen molar-refractivity contribution in [3.05, 3.63) is 56.0 Å². The van der Waals surface area contributed by atoms with Gasteiger partial charge in [0.05, 0.1) is 21.3 Å². The van der Waals surface area contributed by atoms with E-state index < -0.39 is 23.9 Å². The molecule has 0 aliphatic rings. The Balaban J connectivity index is 0.000000291. The highest BCUT2D eigenvalue weighted by atomic mass is 79.9. The zero-order valence-corrected chi connectivity index (χ0v) is 18.4. The summed E-state index contributed by atoms with van der Waals surface area (Å²) in [7, 11) is 3.68. The number of hydrogen-bond donors (Lipinski definition) is 1. The molecule has 0 aliphatic carbocycles. The molecule has 0 spiro atoms. The first-order chi connectivity index (χ1) is 13.6. The quantitative estimate of drug-likeness (QED) is 0.460. The number of aromatic nitrogens is 2. The van der Waals surface area contributed by atoms with Gasteiger partial charge in [-0.05, 0) is 24.3 Å². The normalized spacial score (nSPS) is 9.55. The van der Waals surface area contributed by atoms with Crippen molar-refractivity contribution in [2.75, 3.05) is 21.3 Å². The first-order valence-electron chi connectivity index (χ1n) is 7.46. The average molecular weight is 534 g/mol. The van der Waals surface area contributed by atoms with Crippen LogP contribution in [0.5, 0.6) is 0 Å². The molecule has 2 heterocycles. The minimum Gasteiger partial charge on any atom is -0.477 e. The molecule has 0 saturated carbocycles. The van der Waals surface area contributed by atoms with E-state index >= 15 is 0 Å². The lowest BCUT2D eigenvalue weighted by Gasteiger charge is -2.02. The molecule has 2 aromatic rings. The molecule has 0 saturated heterocycles. The molecule has 2 aromatic heterocycles. The van der Waals surface area contributed by atoms with E-state index in [0.717, 1.165) is 0 Å². The van der Waals surface area contributed by atoms with Gasteiger partial charge in [0, 0.05) is 8.95 Å². The second-order valence-corrected chi connectivity index (χ2v) is 6.72. The van der Waals surface area contributed by atoms with Crippen LogP contribution in [-0.2, 0) is 14.2 Å². The second kappa shape index (κ2) is 11.2. The largest absolute Gasteiger partial charge is 0.477 e. The highest BCUT2D eigenvalue weighted by Gasteiger charge is 2.15. The second-order valence-electron chi connectivity index (χ2n) is 4.89. The van der Waals surface area contributed by atoms with Crippen LogP contribution in [0.2, 0.25) is 0 Å². The van der Waals surface area contributed by atoms with E-state index in [9.17, 15) is 19.2 Å². The molecule has 12 heteroatoms. The summed E-state index contributed by atoms with van der Waals surface area (Å²) < 4.78 is 14.4. The minimum absolute atomic E-state index is 0.0423. The highest BCUT2D eigenvalue weighted by molar-refractivity contribution is 9.10. The van der Waals surface area contributed by atoms with Crippen molar-refractivity contribution in [1.82, 2.24) is 9.97 Å². The smallest absolute Gasteiger partial charge is 0.356 e. The van der Waals surface area contributed by atoms with Gasteiger partial charge in [0.2, 0.25) is 0 Å². The molecule has 0 fully saturated rings. The van der Waals surface area contributed by atoms with Crippen molar-refractivity contribution in [3.8, 4) is 0 Å². The van der Waals surface area contributed by atoms with Crippen molar-refractivity contribution >= 4 is 55.7 Å². The number of hydrogen-bond acceptors (Lipinski definition) is 9. The van der Waals surface area contributed by atoms with Crippen molar-refractivity contribution in [3.63, 3.8) is 0 Å². The van der Waals surface area contributed by atoms with Crippen LogP contribution in [-0.4, -0.2) is 60.3 Å². The Bertz CT molecular complexity index is 915. The van der Waals surface area contributed by atoms with Crippen LogP contribution in [0.3, 0.4) is 0 Å². The van der Waals surface area contributed by atoms with Crippen molar-refractivity contribution in [1.29, 1.82) is 0 Å². The summed E-state index contributed by atoms with van der Waals surface area (Å²) in [5.74, 6) is -3.09. The van der Waals surface area contributed by atoms with Gasteiger partial charge in [-0.1, -0.05) is 31.9 Å². The molecule has 0 radical (unpaired) electrons. The van der Waals surface area contributed by atoms with Gasteiger partial charge < -0.3 is 19.3 Å². The Labute approximate surface area is 181 Å². The summed E-state index contributed by atoms with van der Waals surface area (Å²) in [6, 6.07) is 5.60. The Hall–Kier alpha value is -2.86. The first-order valence-corrected chi connectivity index (χ1v) is 9.05. The molecule has 10 nitrogen and oxygen atoms in total. The molecule has 0 bridgehead atoms. The lowest BCUT2D eigenvalue weighted by Crippen LogP contribution is -2.10. The minimum atomic E-state index is -1.20. The lowest BCUT2D eigenvalue weighted by atomic mass is 10.3. The van der Waals surface area contributed by atoms with E-state index in [1.54, 1.807) is 0 Å². The number of nitrogens with zero attached hydrogens (tertiary/aromatic N) is 2. The molecule has 0 aromatic carbocycles. The van der Waals surface area contributed by atoms with E-state index in [1.165, 1.54) is 45.6 Å². The van der Waals surface area contributed by atoms with E-state index in [4.69, 9.17) is 5.11 Å². The van der Waals surface area contributed by atoms with Gasteiger partial charge in [0.1, 0.15) is 22.8 Å². The van der Waals surface area contributed by atoms with Crippen molar-refractivity contribution in [2.45, 2.75) is 0 Å². The maximum atomic E-state index is 11.2. The number of ether oxygens (including phenoxy) is 3. The third-order valence-corrected chi connectivity index (χ3v) is 3.90. The SMILES string of the molecule is COC(=O)c1cc(Br)cc(C(=O)O)n1.COC(=O)c1cc(Br)cc(C(=O)OC)n1. The molecular weight excluding hydrogens is 520 g/mol. The fourth-order valence-electron chi connectivity index (χ4n) is 1.73. The monoisotopic (exact) mass is 532 g/mol. The van der Waals surface area contributed by atoms with Gasteiger partial charge in [-0.25, -0.2) is 29.1 Å². The lowest BCUT2D eigenvalue weighted by molar-refractivity contribution is 0.0575. The van der Waals surface area contributed by atoms with Gasteiger partial charge >= 0.3 is 23.9 Å². The van der Waals surface area contributed by atoms with Gasteiger partial charge in [0.15, 0.2) is 0 Å². The standard InChI is InChI=1S/C9H8BrNO4.C8H6BrNO4/c1-14-8(12)6-3-5(10)4-7(11-6)9(13)15-2;1-14-8(13)6-3-4(9)2-5(10-6)7(11)12/h3-4H,1-2H3;2-3H,1H3,(H,11,12). The van der Waals surface area contributed by atoms with Gasteiger partial charge in [-0.3, -0.25) is 0 Å². The summed E-state index contributed by atoms with van der Waals surface area (Å²) in [5, 5.41) is 8.65. The Morgan fingerprint density at radius 3 is 1.24 bits per heavy atom. The Kier molecular flexibility index (Phi) is 9.35. The number of aromatic carboxylic acids is 1. The zero-order chi connectivity index (χ0) is 22.1. The van der Waals surface area contributed by atoms with Crippen LogP contribution in [0.4, 0.5) is 0 Å². The van der Waals surface area contributed by atoms with Gasteiger partial charge in [0.25, 0.3) is 0 Å². The first kappa shape index (κ1) is 24.2. The number of carbonyl (C=O) groups is 4. The summed E-state index contributed by atoms with van der Waals surface area (Å²) in [6.45, 7) is 0.